The van der Waals surface area contributed by atoms with Gasteiger partial charge in [-0.05, 0) is 41.1 Å². The van der Waals surface area contributed by atoms with Crippen LogP contribution < -0.4 is 5.32 Å². The molecule has 1 unspecified atom stereocenters. The average molecular weight is 404 g/mol. The van der Waals surface area contributed by atoms with Crippen LogP contribution in [0.15, 0.2) is 33.3 Å². The molecule has 1 heterocycles. The standard InChI is InChI=1S/C12H12Br2N4O2/c1-7(19)11-5-18(17-16-11)6-12(20)15-10-3-2-8(13)4-9(10)14/h2-5,7,19H,6H2,1H3,(H,15,20). The van der Waals surface area contributed by atoms with Crippen LogP contribution in [-0.2, 0) is 11.3 Å². The van der Waals surface area contributed by atoms with Crippen LogP contribution in [0.2, 0.25) is 0 Å². The van der Waals surface area contributed by atoms with Gasteiger partial charge in [0.1, 0.15) is 12.2 Å². The summed E-state index contributed by atoms with van der Waals surface area (Å²) in [5.74, 6) is -0.227. The van der Waals surface area contributed by atoms with Crippen molar-refractivity contribution in [3.8, 4) is 0 Å². The maximum atomic E-state index is 11.9. The molecule has 1 aromatic carbocycles. The molecule has 1 amide bonds. The summed E-state index contributed by atoms with van der Waals surface area (Å²) < 4.78 is 3.08. The van der Waals surface area contributed by atoms with E-state index < -0.39 is 6.10 Å². The number of aliphatic hydroxyl groups excluding tert-OH is 1. The maximum absolute atomic E-state index is 11.9. The first kappa shape index (κ1) is 15.1. The molecule has 0 spiro atoms. The molecule has 8 heteroatoms. The topological polar surface area (TPSA) is 80.0 Å². The third-order valence-corrected chi connectivity index (χ3v) is 3.64. The highest BCUT2D eigenvalue weighted by atomic mass is 79.9. The highest BCUT2D eigenvalue weighted by Crippen LogP contribution is 2.26. The van der Waals surface area contributed by atoms with E-state index in [-0.39, 0.29) is 12.5 Å². The molecule has 0 aliphatic heterocycles. The van der Waals surface area contributed by atoms with Crippen molar-refractivity contribution in [3.05, 3.63) is 39.0 Å². The number of carbonyl (C=O) groups is 1. The van der Waals surface area contributed by atoms with Crippen LogP contribution in [0.4, 0.5) is 5.69 Å². The van der Waals surface area contributed by atoms with Crippen LogP contribution in [0.1, 0.15) is 18.7 Å². The highest BCUT2D eigenvalue weighted by Gasteiger charge is 2.10. The van der Waals surface area contributed by atoms with Crippen molar-refractivity contribution in [3.63, 3.8) is 0 Å². The first-order valence-electron chi connectivity index (χ1n) is 5.78. The van der Waals surface area contributed by atoms with Gasteiger partial charge < -0.3 is 10.4 Å². The Hall–Kier alpha value is -1.25. The fourth-order valence-corrected chi connectivity index (χ4v) is 2.66. The third-order valence-electron chi connectivity index (χ3n) is 2.50. The molecule has 0 fully saturated rings. The lowest BCUT2D eigenvalue weighted by Gasteiger charge is -2.07. The lowest BCUT2D eigenvalue weighted by molar-refractivity contribution is -0.116. The number of hydrogen-bond donors (Lipinski definition) is 2. The Morgan fingerprint density at radius 3 is 2.85 bits per heavy atom. The molecule has 0 aliphatic rings. The molecule has 0 bridgehead atoms. The summed E-state index contributed by atoms with van der Waals surface area (Å²) in [5, 5.41) is 19.7. The molecule has 0 aliphatic carbocycles. The normalized spacial score (nSPS) is 12.2. The van der Waals surface area contributed by atoms with Gasteiger partial charge in [0.15, 0.2) is 0 Å². The van der Waals surface area contributed by atoms with Crippen LogP contribution in [0.5, 0.6) is 0 Å². The number of hydrogen-bond acceptors (Lipinski definition) is 4. The van der Waals surface area contributed by atoms with Crippen molar-refractivity contribution in [2.24, 2.45) is 0 Å². The zero-order chi connectivity index (χ0) is 14.7. The molecule has 2 rings (SSSR count). The zero-order valence-electron chi connectivity index (χ0n) is 10.5. The summed E-state index contributed by atoms with van der Waals surface area (Å²) in [6.07, 6.45) is 0.841. The summed E-state index contributed by atoms with van der Waals surface area (Å²) in [4.78, 5) is 11.9. The van der Waals surface area contributed by atoms with Gasteiger partial charge in [-0.2, -0.15) is 0 Å². The SMILES string of the molecule is CC(O)c1cn(CC(=O)Nc2ccc(Br)cc2Br)nn1. The summed E-state index contributed by atoms with van der Waals surface area (Å²) in [5.41, 5.74) is 1.11. The molecule has 2 N–H and O–H groups in total. The lowest BCUT2D eigenvalue weighted by atomic mass is 10.3. The van der Waals surface area contributed by atoms with E-state index in [0.717, 1.165) is 8.95 Å². The maximum Gasteiger partial charge on any atom is 0.246 e. The van der Waals surface area contributed by atoms with E-state index in [1.165, 1.54) is 4.68 Å². The van der Waals surface area contributed by atoms with E-state index in [0.29, 0.717) is 11.4 Å². The van der Waals surface area contributed by atoms with Gasteiger partial charge in [-0.3, -0.25) is 4.79 Å². The number of carbonyl (C=O) groups excluding carboxylic acids is 1. The Kier molecular flexibility index (Phi) is 4.90. The number of aromatic nitrogens is 3. The molecule has 20 heavy (non-hydrogen) atoms. The minimum Gasteiger partial charge on any atom is -0.387 e. The number of nitrogens with one attached hydrogen (secondary N) is 1. The monoisotopic (exact) mass is 402 g/mol. The van der Waals surface area contributed by atoms with Crippen molar-refractivity contribution >= 4 is 43.5 Å². The van der Waals surface area contributed by atoms with Crippen LogP contribution in [0.3, 0.4) is 0 Å². The zero-order valence-corrected chi connectivity index (χ0v) is 13.7. The van der Waals surface area contributed by atoms with Crippen molar-refractivity contribution in [2.75, 3.05) is 5.32 Å². The number of halogens is 2. The Labute approximate surface area is 132 Å². The number of amides is 1. The second kappa shape index (κ2) is 6.47. The van der Waals surface area contributed by atoms with E-state index in [1.807, 2.05) is 12.1 Å². The summed E-state index contributed by atoms with van der Waals surface area (Å²) >= 11 is 6.72. The van der Waals surface area contributed by atoms with Crippen LogP contribution in [0.25, 0.3) is 0 Å². The van der Waals surface area contributed by atoms with Gasteiger partial charge >= 0.3 is 0 Å². The Bertz CT molecular complexity index is 628. The number of rotatable bonds is 4. The van der Waals surface area contributed by atoms with E-state index >= 15 is 0 Å². The van der Waals surface area contributed by atoms with Gasteiger partial charge in [-0.1, -0.05) is 21.1 Å². The fourth-order valence-electron chi connectivity index (χ4n) is 1.51. The van der Waals surface area contributed by atoms with Crippen LogP contribution in [-0.4, -0.2) is 26.0 Å². The van der Waals surface area contributed by atoms with Gasteiger partial charge in [0.2, 0.25) is 5.91 Å². The van der Waals surface area contributed by atoms with E-state index in [2.05, 4.69) is 47.5 Å². The molecule has 106 valence electrons. The Morgan fingerprint density at radius 1 is 1.50 bits per heavy atom. The highest BCUT2D eigenvalue weighted by molar-refractivity contribution is 9.11. The van der Waals surface area contributed by atoms with Crippen molar-refractivity contribution < 1.29 is 9.90 Å². The predicted molar refractivity (Wildman–Crippen MR) is 81.1 cm³/mol. The van der Waals surface area contributed by atoms with Crippen molar-refractivity contribution in [1.82, 2.24) is 15.0 Å². The molecule has 1 aromatic heterocycles. The number of aliphatic hydroxyl groups is 1. The summed E-state index contributed by atoms with van der Waals surface area (Å²) in [6.45, 7) is 1.62. The number of nitrogens with zero attached hydrogens (tertiary/aromatic N) is 3. The molecule has 1 atom stereocenters. The Morgan fingerprint density at radius 2 is 2.25 bits per heavy atom. The van der Waals surface area contributed by atoms with Crippen molar-refractivity contribution in [2.45, 2.75) is 19.6 Å². The minimum atomic E-state index is -0.701. The Balaban J connectivity index is 2.01. The molecule has 0 radical (unpaired) electrons. The van der Waals surface area contributed by atoms with E-state index in [4.69, 9.17) is 0 Å². The first-order valence-corrected chi connectivity index (χ1v) is 7.37. The predicted octanol–water partition coefficient (Wildman–Crippen LogP) is 2.50. The van der Waals surface area contributed by atoms with Crippen LogP contribution in [0, 0.1) is 0 Å². The van der Waals surface area contributed by atoms with Gasteiger partial charge in [0.25, 0.3) is 0 Å². The molecular weight excluding hydrogens is 392 g/mol. The molecule has 0 saturated heterocycles. The second-order valence-electron chi connectivity index (χ2n) is 4.19. The third kappa shape index (κ3) is 3.87. The fraction of sp³-hybridized carbons (Fsp3) is 0.250. The largest absolute Gasteiger partial charge is 0.387 e. The number of benzene rings is 1. The van der Waals surface area contributed by atoms with Crippen molar-refractivity contribution in [1.29, 1.82) is 0 Å². The van der Waals surface area contributed by atoms with Gasteiger partial charge in [0, 0.05) is 8.95 Å². The average Bonchev–Trinajstić information content (AvgIpc) is 2.81. The molecule has 0 saturated carbocycles. The van der Waals surface area contributed by atoms with Gasteiger partial charge in [-0.25, -0.2) is 4.68 Å². The van der Waals surface area contributed by atoms with Gasteiger partial charge in [0.05, 0.1) is 18.0 Å². The van der Waals surface area contributed by atoms with Gasteiger partial charge in [-0.15, -0.1) is 5.10 Å². The van der Waals surface area contributed by atoms with E-state index in [9.17, 15) is 9.90 Å². The molecule has 6 nitrogen and oxygen atoms in total. The lowest BCUT2D eigenvalue weighted by Crippen LogP contribution is -2.19. The quantitative estimate of drug-likeness (QED) is 0.821. The second-order valence-corrected chi connectivity index (χ2v) is 5.96. The van der Waals surface area contributed by atoms with Crippen LogP contribution >= 0.6 is 31.9 Å². The number of anilines is 1. The smallest absolute Gasteiger partial charge is 0.246 e. The minimum absolute atomic E-state index is 0.0300. The summed E-state index contributed by atoms with van der Waals surface area (Å²) in [7, 11) is 0. The first-order chi connectivity index (χ1) is 9.45. The molecule has 2 aromatic rings. The van der Waals surface area contributed by atoms with E-state index in [1.54, 1.807) is 19.2 Å². The molecular formula is C12H12Br2N4O2. The summed E-state index contributed by atoms with van der Waals surface area (Å²) in [6, 6.07) is 5.46.